The van der Waals surface area contributed by atoms with Crippen LogP contribution in [-0.4, -0.2) is 24.0 Å². The molecule has 3 aromatic carbocycles. The molecule has 1 aromatic heterocycles. The van der Waals surface area contributed by atoms with Gasteiger partial charge in [0, 0.05) is 35.0 Å². The van der Waals surface area contributed by atoms with E-state index in [-0.39, 0.29) is 22.9 Å². The average Bonchev–Trinajstić information content (AvgIpc) is 2.85. The van der Waals surface area contributed by atoms with Crippen molar-refractivity contribution >= 4 is 28.5 Å². The lowest BCUT2D eigenvalue weighted by Crippen LogP contribution is -2.17. The lowest BCUT2D eigenvalue weighted by Gasteiger charge is -2.20. The molecular formula is C28H26N2O5. The van der Waals surface area contributed by atoms with E-state index in [0.29, 0.717) is 39.1 Å². The normalized spacial score (nSPS) is 11.8. The minimum Gasteiger partial charge on any atom is -0.478 e. The lowest BCUT2D eigenvalue weighted by molar-refractivity contribution is 0.0697. The Balaban J connectivity index is 1.89. The molecule has 0 radical (unpaired) electrons. The maximum absolute atomic E-state index is 13.4. The van der Waals surface area contributed by atoms with Gasteiger partial charge in [-0.2, -0.15) is 0 Å². The van der Waals surface area contributed by atoms with Gasteiger partial charge in [-0.25, -0.2) is 4.79 Å². The molecule has 7 nitrogen and oxygen atoms in total. The highest BCUT2D eigenvalue weighted by Gasteiger charge is 2.20. The smallest absolute Gasteiger partial charge is 0.337 e. The summed E-state index contributed by atoms with van der Waals surface area (Å²) in [5.74, 6) is -0.884. The lowest BCUT2D eigenvalue weighted by atomic mass is 9.98. The Kier molecular flexibility index (Phi) is 6.42. The highest BCUT2D eigenvalue weighted by molar-refractivity contribution is 5.96. The molecule has 3 N–H and O–H groups in total. The Morgan fingerprint density at radius 3 is 2.46 bits per heavy atom. The summed E-state index contributed by atoms with van der Waals surface area (Å²) in [5.41, 5.74) is 4.00. The van der Waals surface area contributed by atoms with E-state index in [9.17, 15) is 19.5 Å². The topological polar surface area (TPSA) is 109 Å². The van der Waals surface area contributed by atoms with Crippen molar-refractivity contribution in [1.29, 1.82) is 0 Å². The molecule has 4 aromatic rings. The van der Waals surface area contributed by atoms with E-state index in [1.165, 1.54) is 6.07 Å². The second-order valence-electron chi connectivity index (χ2n) is 8.49. The Labute approximate surface area is 202 Å². The van der Waals surface area contributed by atoms with Gasteiger partial charge < -0.3 is 20.2 Å². The molecule has 7 heteroatoms. The van der Waals surface area contributed by atoms with Crippen LogP contribution in [0.15, 0.2) is 69.9 Å². The first-order chi connectivity index (χ1) is 16.7. The van der Waals surface area contributed by atoms with Crippen LogP contribution in [0.3, 0.4) is 0 Å². The monoisotopic (exact) mass is 470 g/mol. The summed E-state index contributed by atoms with van der Waals surface area (Å²) in [6.07, 6.45) is 0. The van der Waals surface area contributed by atoms with Crippen molar-refractivity contribution in [3.63, 3.8) is 0 Å². The molecule has 0 aliphatic carbocycles. The second-order valence-corrected chi connectivity index (χ2v) is 8.49. The van der Waals surface area contributed by atoms with E-state index in [1.54, 1.807) is 62.5 Å². The predicted molar refractivity (Wildman–Crippen MR) is 136 cm³/mol. The molecule has 0 aliphatic heterocycles. The van der Waals surface area contributed by atoms with Gasteiger partial charge in [-0.15, -0.1) is 0 Å². The van der Waals surface area contributed by atoms with Crippen molar-refractivity contribution in [2.45, 2.75) is 26.8 Å². The summed E-state index contributed by atoms with van der Waals surface area (Å²) in [6, 6.07) is 16.9. The van der Waals surface area contributed by atoms with Crippen LogP contribution >= 0.6 is 0 Å². The number of anilines is 1. The van der Waals surface area contributed by atoms with Gasteiger partial charge in [0.2, 0.25) is 0 Å². The third-order valence-corrected chi connectivity index (χ3v) is 6.00. The van der Waals surface area contributed by atoms with Crippen LogP contribution in [0.1, 0.15) is 50.4 Å². The molecule has 0 spiro atoms. The number of carboxylic acid groups (broad SMARTS) is 1. The number of hydrogen-bond acceptors (Lipinski definition) is 5. The number of carbonyl (C=O) groups excluding carboxylic acids is 1. The third kappa shape index (κ3) is 4.53. The molecule has 0 aliphatic rings. The molecule has 1 heterocycles. The Morgan fingerprint density at radius 2 is 1.74 bits per heavy atom. The van der Waals surface area contributed by atoms with E-state index in [0.717, 1.165) is 11.1 Å². The van der Waals surface area contributed by atoms with Gasteiger partial charge in [0.05, 0.1) is 17.0 Å². The number of aromatic carboxylic acids is 1. The number of benzene rings is 3. The van der Waals surface area contributed by atoms with E-state index in [4.69, 9.17) is 4.42 Å². The minimum absolute atomic E-state index is 0.153. The Bertz CT molecular complexity index is 1520. The van der Waals surface area contributed by atoms with Crippen molar-refractivity contribution in [3.05, 3.63) is 98.7 Å². The molecule has 0 bridgehead atoms. The summed E-state index contributed by atoms with van der Waals surface area (Å²) in [6.45, 7) is 5.49. The second kappa shape index (κ2) is 9.46. The van der Waals surface area contributed by atoms with Crippen molar-refractivity contribution in [1.82, 2.24) is 5.32 Å². The first-order valence-corrected chi connectivity index (χ1v) is 11.2. The largest absolute Gasteiger partial charge is 0.478 e. The fraction of sp³-hybridized carbons (Fsp3) is 0.179. The SMILES string of the molecule is CNC(=O)c1cccc(-c2oc3c([C@@H](C)Nc4ccccc4C(=O)O)cc(C)cc3c(=O)c2C)c1. The van der Waals surface area contributed by atoms with Crippen molar-refractivity contribution in [3.8, 4) is 11.3 Å². The van der Waals surface area contributed by atoms with Crippen LogP contribution in [0.5, 0.6) is 0 Å². The van der Waals surface area contributed by atoms with Crippen LogP contribution in [0, 0.1) is 13.8 Å². The van der Waals surface area contributed by atoms with Gasteiger partial charge in [-0.1, -0.05) is 30.3 Å². The van der Waals surface area contributed by atoms with E-state index in [2.05, 4.69) is 10.6 Å². The fourth-order valence-electron chi connectivity index (χ4n) is 4.22. The average molecular weight is 471 g/mol. The van der Waals surface area contributed by atoms with E-state index in [1.807, 2.05) is 19.9 Å². The number of aryl methyl sites for hydroxylation is 1. The van der Waals surface area contributed by atoms with Gasteiger partial charge in [0.1, 0.15) is 11.3 Å². The van der Waals surface area contributed by atoms with Crippen LogP contribution < -0.4 is 16.1 Å². The highest BCUT2D eigenvalue weighted by atomic mass is 16.4. The Morgan fingerprint density at radius 1 is 1.00 bits per heavy atom. The number of nitrogens with one attached hydrogen (secondary N) is 2. The quantitative estimate of drug-likeness (QED) is 0.353. The molecular weight excluding hydrogens is 444 g/mol. The predicted octanol–water partition coefficient (Wildman–Crippen LogP) is 5.31. The zero-order chi connectivity index (χ0) is 25.3. The number of para-hydroxylation sites is 1. The standard InChI is InChI=1S/C28H26N2O5/c1-15-12-21(17(3)30-23-11-6-5-10-20(23)28(33)34)26-22(13-15)24(31)16(2)25(35-26)18-8-7-9-19(14-18)27(32)29-4/h5-14,17,30H,1-4H3,(H,29,32)(H,33,34)/t17-/m1/s1. The van der Waals surface area contributed by atoms with Gasteiger partial charge in [0.15, 0.2) is 5.43 Å². The first-order valence-electron chi connectivity index (χ1n) is 11.2. The number of carbonyl (C=O) groups is 2. The third-order valence-electron chi connectivity index (χ3n) is 6.00. The van der Waals surface area contributed by atoms with Crippen LogP contribution in [0.25, 0.3) is 22.3 Å². The molecule has 4 rings (SSSR count). The van der Waals surface area contributed by atoms with Gasteiger partial charge in [0.25, 0.3) is 5.91 Å². The zero-order valence-electron chi connectivity index (χ0n) is 19.9. The molecule has 178 valence electrons. The summed E-state index contributed by atoms with van der Waals surface area (Å²) in [5, 5.41) is 15.9. The summed E-state index contributed by atoms with van der Waals surface area (Å²) in [7, 11) is 1.56. The van der Waals surface area contributed by atoms with E-state index >= 15 is 0 Å². The van der Waals surface area contributed by atoms with Crippen molar-refractivity contribution < 1.29 is 19.1 Å². The maximum Gasteiger partial charge on any atom is 0.337 e. The molecule has 0 fully saturated rings. The molecule has 0 saturated carbocycles. The summed E-state index contributed by atoms with van der Waals surface area (Å²) < 4.78 is 6.36. The molecule has 0 saturated heterocycles. The highest BCUT2D eigenvalue weighted by Crippen LogP contribution is 2.33. The number of rotatable bonds is 6. The first kappa shape index (κ1) is 23.8. The number of amides is 1. The van der Waals surface area contributed by atoms with Crippen molar-refractivity contribution in [2.24, 2.45) is 0 Å². The Hall–Kier alpha value is -4.39. The van der Waals surface area contributed by atoms with Gasteiger partial charge in [-0.05, 0) is 56.7 Å². The molecule has 35 heavy (non-hydrogen) atoms. The van der Waals surface area contributed by atoms with Crippen molar-refractivity contribution in [2.75, 3.05) is 12.4 Å². The zero-order valence-corrected chi connectivity index (χ0v) is 19.9. The number of hydrogen-bond donors (Lipinski definition) is 3. The molecule has 1 atom stereocenters. The van der Waals surface area contributed by atoms with Gasteiger partial charge in [-0.3, -0.25) is 9.59 Å². The minimum atomic E-state index is -1.03. The van der Waals surface area contributed by atoms with E-state index < -0.39 is 5.97 Å². The number of carboxylic acids is 1. The van der Waals surface area contributed by atoms with Gasteiger partial charge >= 0.3 is 5.97 Å². The fourth-order valence-corrected chi connectivity index (χ4v) is 4.22. The van der Waals surface area contributed by atoms with Crippen LogP contribution in [0.2, 0.25) is 0 Å². The summed E-state index contributed by atoms with van der Waals surface area (Å²) >= 11 is 0. The van der Waals surface area contributed by atoms with Crippen LogP contribution in [-0.2, 0) is 0 Å². The maximum atomic E-state index is 13.4. The van der Waals surface area contributed by atoms with Crippen LogP contribution in [0.4, 0.5) is 5.69 Å². The molecule has 0 unspecified atom stereocenters. The molecule has 1 amide bonds. The number of fused-ring (bicyclic) bond motifs is 1. The summed E-state index contributed by atoms with van der Waals surface area (Å²) in [4.78, 5) is 37.2.